The van der Waals surface area contributed by atoms with Crippen LogP contribution in [0.2, 0.25) is 0 Å². The molecule has 1 aromatic carbocycles. The summed E-state index contributed by atoms with van der Waals surface area (Å²) in [4.78, 5) is 29.4. The minimum atomic E-state index is 0.00713. The van der Waals surface area contributed by atoms with Gasteiger partial charge in [-0.1, -0.05) is 18.2 Å². The molecule has 1 N–H and O–H groups in total. The van der Waals surface area contributed by atoms with Crippen LogP contribution in [-0.2, 0) is 16.1 Å². The molecule has 2 aliphatic heterocycles. The first-order valence-corrected chi connectivity index (χ1v) is 11.3. The summed E-state index contributed by atoms with van der Waals surface area (Å²) in [5.74, 6) is 3.07. The molecule has 0 atom stereocenters. The summed E-state index contributed by atoms with van der Waals surface area (Å²) < 4.78 is 0. The van der Waals surface area contributed by atoms with Crippen molar-refractivity contribution in [3.8, 4) is 0 Å². The molecule has 3 fully saturated rings. The lowest BCUT2D eigenvalue weighted by atomic mass is 9.95. The maximum absolute atomic E-state index is 12.8. The zero-order chi connectivity index (χ0) is 18.6. The number of amides is 2. The van der Waals surface area contributed by atoms with E-state index in [1.807, 2.05) is 34.9 Å². The molecule has 1 saturated carbocycles. The molecule has 1 aromatic rings. The number of carbonyl (C=O) groups excluding carboxylic acids is 2. The third-order valence-corrected chi connectivity index (χ3v) is 6.82. The SMILES string of the molecule is O=C(Nc1ccccc1CN1CCSCC1)C1CCN(C(=O)C2CC2)CC1. The molecule has 0 bridgehead atoms. The summed E-state index contributed by atoms with van der Waals surface area (Å²) in [6.45, 7) is 4.56. The van der Waals surface area contributed by atoms with Crippen LogP contribution in [0.5, 0.6) is 0 Å². The van der Waals surface area contributed by atoms with E-state index in [4.69, 9.17) is 0 Å². The van der Waals surface area contributed by atoms with Gasteiger partial charge >= 0.3 is 0 Å². The van der Waals surface area contributed by atoms with E-state index in [9.17, 15) is 9.59 Å². The second-order valence-corrected chi connectivity index (χ2v) is 9.13. The van der Waals surface area contributed by atoms with Crippen LogP contribution >= 0.6 is 11.8 Å². The van der Waals surface area contributed by atoms with Crippen LogP contribution in [0.4, 0.5) is 5.69 Å². The average Bonchev–Trinajstić information content (AvgIpc) is 3.55. The first-order valence-electron chi connectivity index (χ1n) is 10.2. The fourth-order valence-corrected chi connectivity index (χ4v) is 4.94. The maximum atomic E-state index is 12.8. The quantitative estimate of drug-likeness (QED) is 0.844. The second kappa shape index (κ2) is 8.65. The normalized spacial score (nSPS) is 21.9. The molecule has 4 rings (SSSR count). The molecular formula is C21H29N3O2S. The molecule has 0 unspecified atom stereocenters. The highest BCUT2D eigenvalue weighted by molar-refractivity contribution is 7.99. The molecule has 0 spiro atoms. The van der Waals surface area contributed by atoms with E-state index in [1.54, 1.807) is 0 Å². The minimum Gasteiger partial charge on any atom is -0.342 e. The average molecular weight is 388 g/mol. The topological polar surface area (TPSA) is 52.7 Å². The molecular weight excluding hydrogens is 358 g/mol. The van der Waals surface area contributed by atoms with Gasteiger partial charge in [0.05, 0.1) is 0 Å². The highest BCUT2D eigenvalue weighted by Gasteiger charge is 2.36. The third kappa shape index (κ3) is 4.85. The molecule has 3 aliphatic rings. The van der Waals surface area contributed by atoms with E-state index in [1.165, 1.54) is 17.1 Å². The Balaban J connectivity index is 1.32. The molecule has 2 heterocycles. The lowest BCUT2D eigenvalue weighted by Gasteiger charge is -2.32. The fourth-order valence-electron chi connectivity index (χ4n) is 3.97. The zero-order valence-electron chi connectivity index (χ0n) is 15.9. The Morgan fingerprint density at radius 3 is 2.37 bits per heavy atom. The number of rotatable bonds is 5. The van der Waals surface area contributed by atoms with Gasteiger partial charge in [-0.05, 0) is 37.3 Å². The van der Waals surface area contributed by atoms with Crippen LogP contribution in [0.25, 0.3) is 0 Å². The van der Waals surface area contributed by atoms with E-state index < -0.39 is 0 Å². The number of hydrogen-bond acceptors (Lipinski definition) is 4. The van der Waals surface area contributed by atoms with Gasteiger partial charge in [-0.2, -0.15) is 11.8 Å². The lowest BCUT2D eigenvalue weighted by molar-refractivity contribution is -0.135. The second-order valence-electron chi connectivity index (χ2n) is 7.91. The molecule has 146 valence electrons. The smallest absolute Gasteiger partial charge is 0.227 e. The molecule has 27 heavy (non-hydrogen) atoms. The van der Waals surface area contributed by atoms with Crippen LogP contribution in [0.15, 0.2) is 24.3 Å². The van der Waals surface area contributed by atoms with Gasteiger partial charge in [0.25, 0.3) is 0 Å². The van der Waals surface area contributed by atoms with Gasteiger partial charge in [-0.3, -0.25) is 14.5 Å². The van der Waals surface area contributed by atoms with Crippen molar-refractivity contribution in [1.29, 1.82) is 0 Å². The van der Waals surface area contributed by atoms with Crippen LogP contribution < -0.4 is 5.32 Å². The highest BCUT2D eigenvalue weighted by atomic mass is 32.2. The summed E-state index contributed by atoms with van der Waals surface area (Å²) >= 11 is 2.01. The highest BCUT2D eigenvalue weighted by Crippen LogP contribution is 2.32. The molecule has 5 nitrogen and oxygen atoms in total. The van der Waals surface area contributed by atoms with Crippen molar-refractivity contribution in [1.82, 2.24) is 9.80 Å². The van der Waals surface area contributed by atoms with Crippen LogP contribution in [-0.4, -0.2) is 59.3 Å². The van der Waals surface area contributed by atoms with Gasteiger partial charge in [0.1, 0.15) is 0 Å². The van der Waals surface area contributed by atoms with Crippen molar-refractivity contribution in [3.63, 3.8) is 0 Å². The van der Waals surface area contributed by atoms with Crippen molar-refractivity contribution in [2.45, 2.75) is 32.2 Å². The number of likely N-dealkylation sites (tertiary alicyclic amines) is 1. The van der Waals surface area contributed by atoms with Crippen molar-refractivity contribution in [2.24, 2.45) is 11.8 Å². The van der Waals surface area contributed by atoms with Gasteiger partial charge in [0, 0.05) is 61.8 Å². The monoisotopic (exact) mass is 387 g/mol. The number of hydrogen-bond donors (Lipinski definition) is 1. The number of carbonyl (C=O) groups is 2. The van der Waals surface area contributed by atoms with Gasteiger partial charge < -0.3 is 10.2 Å². The van der Waals surface area contributed by atoms with E-state index in [2.05, 4.69) is 16.3 Å². The minimum absolute atomic E-state index is 0.00713. The number of thioether (sulfide) groups is 1. The fraction of sp³-hybridized carbons (Fsp3) is 0.619. The van der Waals surface area contributed by atoms with Gasteiger partial charge in [-0.15, -0.1) is 0 Å². The molecule has 0 radical (unpaired) electrons. The standard InChI is InChI=1S/C21H29N3O2S/c25-20(16-7-9-24(10-8-16)21(26)17-5-6-17)22-19-4-2-1-3-18(19)15-23-11-13-27-14-12-23/h1-4,16-17H,5-15H2,(H,22,25). The van der Waals surface area contributed by atoms with Gasteiger partial charge in [-0.25, -0.2) is 0 Å². The molecule has 1 aliphatic carbocycles. The van der Waals surface area contributed by atoms with E-state index >= 15 is 0 Å². The van der Waals surface area contributed by atoms with Crippen LogP contribution in [0, 0.1) is 11.8 Å². The summed E-state index contributed by atoms with van der Waals surface area (Å²) in [6, 6.07) is 8.17. The predicted molar refractivity (Wildman–Crippen MR) is 110 cm³/mol. The Morgan fingerprint density at radius 2 is 1.67 bits per heavy atom. The molecule has 2 amide bonds. The molecule has 2 saturated heterocycles. The van der Waals surface area contributed by atoms with Crippen LogP contribution in [0.1, 0.15) is 31.2 Å². The van der Waals surface area contributed by atoms with E-state index in [-0.39, 0.29) is 17.7 Å². The van der Waals surface area contributed by atoms with E-state index in [0.717, 1.165) is 64.1 Å². The third-order valence-electron chi connectivity index (χ3n) is 5.88. The maximum Gasteiger partial charge on any atom is 0.227 e. The van der Waals surface area contributed by atoms with Crippen LogP contribution in [0.3, 0.4) is 0 Å². The molecule has 6 heteroatoms. The van der Waals surface area contributed by atoms with E-state index in [0.29, 0.717) is 5.91 Å². The van der Waals surface area contributed by atoms with Gasteiger partial charge in [0.2, 0.25) is 11.8 Å². The number of anilines is 1. The summed E-state index contributed by atoms with van der Waals surface area (Å²) in [7, 11) is 0. The predicted octanol–water partition coefficient (Wildman–Crippen LogP) is 2.82. The first kappa shape index (κ1) is 18.8. The summed E-state index contributed by atoms with van der Waals surface area (Å²) in [5, 5.41) is 3.17. The Kier molecular flexibility index (Phi) is 6.03. The number of piperidine rings is 1. The Labute approximate surface area is 165 Å². The number of para-hydroxylation sites is 1. The largest absolute Gasteiger partial charge is 0.342 e. The number of nitrogens with zero attached hydrogens (tertiary/aromatic N) is 2. The molecule has 0 aromatic heterocycles. The summed E-state index contributed by atoms with van der Waals surface area (Å²) in [6.07, 6.45) is 3.64. The Hall–Kier alpha value is -1.53. The van der Waals surface area contributed by atoms with Gasteiger partial charge in [0.15, 0.2) is 0 Å². The van der Waals surface area contributed by atoms with Crippen molar-refractivity contribution < 1.29 is 9.59 Å². The van der Waals surface area contributed by atoms with Crippen molar-refractivity contribution >= 4 is 29.3 Å². The number of nitrogens with one attached hydrogen (secondary N) is 1. The Morgan fingerprint density at radius 1 is 0.963 bits per heavy atom. The van der Waals surface area contributed by atoms with Crippen molar-refractivity contribution in [3.05, 3.63) is 29.8 Å². The zero-order valence-corrected chi connectivity index (χ0v) is 16.7. The first-order chi connectivity index (χ1) is 13.2. The lowest BCUT2D eigenvalue weighted by Crippen LogP contribution is -2.42. The Bertz CT molecular complexity index is 678. The van der Waals surface area contributed by atoms with Crippen molar-refractivity contribution in [2.75, 3.05) is 43.0 Å². The summed E-state index contributed by atoms with van der Waals surface area (Å²) in [5.41, 5.74) is 2.14. The number of benzene rings is 1.